The fraction of sp³-hybridized carbons (Fsp3) is 0.308. The number of carboxylic acids is 1. The number of nitrogens with zero attached hydrogens (tertiary/aromatic N) is 1. The first-order chi connectivity index (χ1) is 16.1. The molecule has 34 heavy (non-hydrogen) atoms. The molecule has 1 heterocycles. The van der Waals surface area contributed by atoms with Crippen LogP contribution in [0, 0.1) is 11.6 Å². The number of allylic oxidation sites excluding steroid dienone is 2. The number of rotatable bonds is 7. The maximum Gasteiger partial charge on any atom is 0.337 e. The molecule has 8 heteroatoms. The van der Waals surface area contributed by atoms with Crippen LogP contribution in [0.4, 0.5) is 8.78 Å². The van der Waals surface area contributed by atoms with Crippen molar-refractivity contribution in [1.29, 1.82) is 0 Å². The zero-order valence-electron chi connectivity index (χ0n) is 19.7. The van der Waals surface area contributed by atoms with Crippen LogP contribution >= 0.6 is 0 Å². The first-order valence-corrected chi connectivity index (χ1v) is 10.8. The van der Waals surface area contributed by atoms with Crippen molar-refractivity contribution in [3.63, 3.8) is 0 Å². The molecule has 0 amide bonds. The van der Waals surface area contributed by atoms with E-state index in [0.29, 0.717) is 17.1 Å². The Kier molecular flexibility index (Phi) is 7.39. The van der Waals surface area contributed by atoms with Crippen LogP contribution < -0.4 is 4.74 Å². The number of aliphatic carboxylic acids is 1. The summed E-state index contributed by atoms with van der Waals surface area (Å²) in [5, 5.41) is 10.2. The third kappa shape index (κ3) is 4.66. The van der Waals surface area contributed by atoms with Gasteiger partial charge >= 0.3 is 11.9 Å². The Morgan fingerprint density at radius 3 is 2.29 bits per heavy atom. The predicted molar refractivity (Wildman–Crippen MR) is 122 cm³/mol. The molecule has 180 valence electrons. The molecule has 0 radical (unpaired) electrons. The van der Waals surface area contributed by atoms with E-state index in [1.807, 2.05) is 12.1 Å². The molecule has 1 aliphatic rings. The van der Waals surface area contributed by atoms with E-state index in [-0.39, 0.29) is 23.3 Å². The highest BCUT2D eigenvalue weighted by Gasteiger charge is 2.41. The highest BCUT2D eigenvalue weighted by atomic mass is 19.2. The van der Waals surface area contributed by atoms with E-state index < -0.39 is 35.6 Å². The molecule has 3 rings (SSSR count). The second-order valence-electron chi connectivity index (χ2n) is 8.23. The van der Waals surface area contributed by atoms with Crippen LogP contribution in [0.15, 0.2) is 65.0 Å². The largest absolute Gasteiger partial charge is 0.496 e. The smallest absolute Gasteiger partial charge is 0.337 e. The van der Waals surface area contributed by atoms with Crippen LogP contribution in [0.2, 0.25) is 0 Å². The summed E-state index contributed by atoms with van der Waals surface area (Å²) in [6.07, 6.45) is -0.506. The Balaban J connectivity index is 2.28. The highest BCUT2D eigenvalue weighted by molar-refractivity contribution is 5.99. The van der Waals surface area contributed by atoms with Crippen LogP contribution in [0.25, 0.3) is 0 Å². The van der Waals surface area contributed by atoms with Gasteiger partial charge in [-0.1, -0.05) is 30.3 Å². The van der Waals surface area contributed by atoms with Crippen molar-refractivity contribution < 1.29 is 33.0 Å². The average molecular weight is 472 g/mol. The summed E-state index contributed by atoms with van der Waals surface area (Å²) in [6, 6.07) is 10.7. The topological polar surface area (TPSA) is 76.1 Å². The normalized spacial score (nSPS) is 16.2. The number of carbonyl (C=O) groups excluding carboxylic acids is 1. The highest BCUT2D eigenvalue weighted by Crippen LogP contribution is 2.44. The zero-order valence-corrected chi connectivity index (χ0v) is 19.7. The summed E-state index contributed by atoms with van der Waals surface area (Å²) >= 11 is 0. The number of methoxy groups -OCH3 is 1. The summed E-state index contributed by atoms with van der Waals surface area (Å²) in [4.78, 5) is 27.4. The van der Waals surface area contributed by atoms with E-state index in [0.717, 1.165) is 11.6 Å². The lowest BCUT2D eigenvalue weighted by molar-refractivity contribution is -0.143. The van der Waals surface area contributed by atoms with Gasteiger partial charge in [0.2, 0.25) is 0 Å². The predicted octanol–water partition coefficient (Wildman–Crippen LogP) is 5.16. The van der Waals surface area contributed by atoms with E-state index >= 15 is 0 Å². The zero-order chi connectivity index (χ0) is 25.2. The monoisotopic (exact) mass is 471 g/mol. The molecule has 1 N–H and O–H groups in total. The third-order valence-electron chi connectivity index (χ3n) is 5.77. The fourth-order valence-electron chi connectivity index (χ4n) is 4.22. The quantitative estimate of drug-likeness (QED) is 0.563. The van der Waals surface area contributed by atoms with Crippen molar-refractivity contribution >= 4 is 11.9 Å². The van der Waals surface area contributed by atoms with Crippen molar-refractivity contribution in [1.82, 2.24) is 4.90 Å². The number of ether oxygens (including phenoxy) is 2. The van der Waals surface area contributed by atoms with E-state index in [4.69, 9.17) is 9.47 Å². The molecular weight excluding hydrogens is 444 g/mol. The molecule has 1 unspecified atom stereocenters. The number of hydrogen-bond acceptors (Lipinski definition) is 5. The SMILES string of the molecule is COc1ccccc1CN1C(C)=C(C(=O)O)C(c2cccc(F)c2F)C(C(=O)OC(C)C)=C1C. The van der Waals surface area contributed by atoms with Crippen LogP contribution in [-0.2, 0) is 20.9 Å². The molecule has 2 aromatic carbocycles. The molecule has 0 saturated carbocycles. The van der Waals surface area contributed by atoms with E-state index in [1.165, 1.54) is 19.2 Å². The molecule has 2 aromatic rings. The van der Waals surface area contributed by atoms with E-state index in [1.54, 1.807) is 44.7 Å². The van der Waals surface area contributed by atoms with Gasteiger partial charge in [-0.05, 0) is 39.8 Å². The van der Waals surface area contributed by atoms with Gasteiger partial charge < -0.3 is 19.5 Å². The minimum Gasteiger partial charge on any atom is -0.496 e. The number of para-hydroxylation sites is 1. The van der Waals surface area contributed by atoms with Gasteiger partial charge in [-0.3, -0.25) is 0 Å². The van der Waals surface area contributed by atoms with Crippen LogP contribution in [0.3, 0.4) is 0 Å². The number of halogens is 2. The molecule has 1 atom stereocenters. The van der Waals surface area contributed by atoms with Crippen molar-refractivity contribution in [2.45, 2.75) is 46.3 Å². The minimum absolute atomic E-state index is 0.0592. The average Bonchev–Trinajstić information content (AvgIpc) is 2.77. The van der Waals surface area contributed by atoms with Crippen molar-refractivity contribution in [2.75, 3.05) is 7.11 Å². The first kappa shape index (κ1) is 25.0. The van der Waals surface area contributed by atoms with Gasteiger partial charge in [0.25, 0.3) is 0 Å². The van der Waals surface area contributed by atoms with Crippen LogP contribution in [0.1, 0.15) is 44.7 Å². The minimum atomic E-state index is -1.35. The van der Waals surface area contributed by atoms with E-state index in [9.17, 15) is 23.5 Å². The van der Waals surface area contributed by atoms with Gasteiger partial charge in [0, 0.05) is 22.5 Å². The van der Waals surface area contributed by atoms with Crippen molar-refractivity contribution in [3.05, 3.63) is 87.8 Å². The van der Waals surface area contributed by atoms with Gasteiger partial charge in [0.15, 0.2) is 11.6 Å². The van der Waals surface area contributed by atoms with Gasteiger partial charge in [-0.25, -0.2) is 18.4 Å². The van der Waals surface area contributed by atoms with Crippen molar-refractivity contribution in [3.8, 4) is 5.75 Å². The summed E-state index contributed by atoms with van der Waals surface area (Å²) in [7, 11) is 1.53. The number of hydrogen-bond donors (Lipinski definition) is 1. The molecule has 0 aliphatic carbocycles. The molecular formula is C26H27F2NO5. The maximum absolute atomic E-state index is 14.9. The summed E-state index contributed by atoms with van der Waals surface area (Å²) in [6.45, 7) is 6.71. The number of carboxylic acid groups (broad SMARTS) is 1. The lowest BCUT2D eigenvalue weighted by atomic mass is 9.79. The third-order valence-corrected chi connectivity index (χ3v) is 5.77. The molecule has 0 bridgehead atoms. The Hall–Kier alpha value is -3.68. The van der Waals surface area contributed by atoms with Gasteiger partial charge in [-0.15, -0.1) is 0 Å². The van der Waals surface area contributed by atoms with Gasteiger partial charge in [0.05, 0.1) is 36.8 Å². The van der Waals surface area contributed by atoms with Gasteiger partial charge in [0.1, 0.15) is 5.75 Å². The second kappa shape index (κ2) is 10.1. The molecule has 0 fully saturated rings. The summed E-state index contributed by atoms with van der Waals surface area (Å²) < 4.78 is 39.9. The summed E-state index contributed by atoms with van der Waals surface area (Å²) in [5.41, 5.74) is 0.888. The van der Waals surface area contributed by atoms with Gasteiger partial charge in [-0.2, -0.15) is 0 Å². The fourth-order valence-corrected chi connectivity index (χ4v) is 4.22. The Morgan fingerprint density at radius 1 is 1.03 bits per heavy atom. The molecule has 0 aromatic heterocycles. The maximum atomic E-state index is 14.9. The van der Waals surface area contributed by atoms with Crippen LogP contribution in [0.5, 0.6) is 5.75 Å². The number of benzene rings is 2. The second-order valence-corrected chi connectivity index (χ2v) is 8.23. The standard InChI is InChI=1S/C26H27F2NO5/c1-14(2)34-26(32)22-16(4)29(13-17-9-6-7-12-20(17)33-5)15(3)21(25(30)31)23(22)18-10-8-11-19(27)24(18)28/h6-12,14,23H,13H2,1-5H3,(H,30,31). The number of carbonyl (C=O) groups is 2. The molecule has 6 nitrogen and oxygen atoms in total. The Morgan fingerprint density at radius 2 is 1.68 bits per heavy atom. The number of esters is 1. The molecule has 0 spiro atoms. The molecule has 0 saturated heterocycles. The Bertz CT molecular complexity index is 1190. The van der Waals surface area contributed by atoms with Crippen molar-refractivity contribution in [2.24, 2.45) is 0 Å². The lowest BCUT2D eigenvalue weighted by Crippen LogP contribution is -2.35. The first-order valence-electron chi connectivity index (χ1n) is 10.8. The van der Waals surface area contributed by atoms with Crippen LogP contribution in [-0.4, -0.2) is 35.2 Å². The van der Waals surface area contributed by atoms with E-state index in [2.05, 4.69) is 0 Å². The molecule has 1 aliphatic heterocycles. The lowest BCUT2D eigenvalue weighted by Gasteiger charge is -2.38. The Labute approximate surface area is 197 Å². The summed E-state index contributed by atoms with van der Waals surface area (Å²) in [5.74, 6) is -5.25.